The van der Waals surface area contributed by atoms with Gasteiger partial charge in [-0.25, -0.2) is 0 Å². The van der Waals surface area contributed by atoms with E-state index in [4.69, 9.17) is 5.73 Å². The Labute approximate surface area is 85.8 Å². The van der Waals surface area contributed by atoms with E-state index in [0.717, 1.165) is 0 Å². The van der Waals surface area contributed by atoms with E-state index in [1.165, 1.54) is 26.0 Å². The van der Waals surface area contributed by atoms with Crippen LogP contribution in [-0.2, 0) is 0 Å². The maximum Gasteiger partial charge on any atom is 0.387 e. The molecule has 0 unspecified atom stereocenters. The van der Waals surface area contributed by atoms with Gasteiger partial charge in [-0.1, -0.05) is 0 Å². The van der Waals surface area contributed by atoms with Gasteiger partial charge in [0, 0.05) is 22.9 Å². The van der Waals surface area contributed by atoms with Gasteiger partial charge in [-0.15, -0.1) is 0 Å². The molecule has 0 saturated carbocycles. The number of benzene rings is 1. The van der Waals surface area contributed by atoms with E-state index in [-0.39, 0.29) is 17.2 Å². The average molecular weight is 215 g/mol. The third-order valence-corrected chi connectivity index (χ3v) is 1.98. The Morgan fingerprint density at radius 2 is 2.07 bits per heavy atom. The number of rotatable bonds is 3. The number of Topliss-reactive ketones (excluding diaryl/α,β-unsaturated/α-hetero) is 1. The SMILES string of the molecule is CC(=O)c1cc(N)cc(OC(F)F)c1C. The Kier molecular flexibility index (Phi) is 3.24. The minimum Gasteiger partial charge on any atom is -0.434 e. The number of hydrogen-bond acceptors (Lipinski definition) is 3. The molecule has 1 aromatic rings. The van der Waals surface area contributed by atoms with Crippen LogP contribution in [0.15, 0.2) is 12.1 Å². The van der Waals surface area contributed by atoms with Crippen molar-refractivity contribution in [1.29, 1.82) is 0 Å². The molecule has 0 aliphatic rings. The summed E-state index contributed by atoms with van der Waals surface area (Å²) in [5.74, 6) is -0.297. The molecular weight excluding hydrogens is 204 g/mol. The summed E-state index contributed by atoms with van der Waals surface area (Å²) in [5.41, 5.74) is 6.36. The lowest BCUT2D eigenvalue weighted by Crippen LogP contribution is -2.07. The van der Waals surface area contributed by atoms with Crippen LogP contribution in [0, 0.1) is 6.92 Å². The van der Waals surface area contributed by atoms with E-state index in [1.807, 2.05) is 0 Å². The maximum absolute atomic E-state index is 12.0. The van der Waals surface area contributed by atoms with Gasteiger partial charge in [0.2, 0.25) is 0 Å². The molecule has 3 nitrogen and oxygen atoms in total. The van der Waals surface area contributed by atoms with Crippen molar-refractivity contribution in [3.05, 3.63) is 23.3 Å². The highest BCUT2D eigenvalue weighted by Crippen LogP contribution is 2.27. The number of carbonyl (C=O) groups is 1. The molecule has 2 N–H and O–H groups in total. The molecule has 0 aliphatic heterocycles. The van der Waals surface area contributed by atoms with E-state index < -0.39 is 6.61 Å². The highest BCUT2D eigenvalue weighted by Gasteiger charge is 2.13. The van der Waals surface area contributed by atoms with Gasteiger partial charge in [-0.3, -0.25) is 4.79 Å². The molecule has 82 valence electrons. The van der Waals surface area contributed by atoms with Gasteiger partial charge in [0.05, 0.1) is 0 Å². The lowest BCUT2D eigenvalue weighted by atomic mass is 10.0. The highest BCUT2D eigenvalue weighted by atomic mass is 19.3. The lowest BCUT2D eigenvalue weighted by Gasteiger charge is -2.11. The molecule has 0 aliphatic carbocycles. The second kappa shape index (κ2) is 4.25. The molecule has 15 heavy (non-hydrogen) atoms. The Bertz CT molecular complexity index is 391. The summed E-state index contributed by atoms with van der Waals surface area (Å²) >= 11 is 0. The minimum atomic E-state index is -2.93. The zero-order valence-corrected chi connectivity index (χ0v) is 8.38. The summed E-state index contributed by atoms with van der Waals surface area (Å²) in [6.45, 7) is -0.0488. The first-order chi connectivity index (χ1) is 6.91. The van der Waals surface area contributed by atoms with Gasteiger partial charge in [-0.2, -0.15) is 8.78 Å². The Morgan fingerprint density at radius 1 is 1.47 bits per heavy atom. The third kappa shape index (κ3) is 2.65. The fourth-order valence-electron chi connectivity index (χ4n) is 1.29. The van der Waals surface area contributed by atoms with Crippen molar-refractivity contribution in [3.63, 3.8) is 0 Å². The van der Waals surface area contributed by atoms with E-state index >= 15 is 0 Å². The van der Waals surface area contributed by atoms with Crippen LogP contribution in [0.25, 0.3) is 0 Å². The first-order valence-corrected chi connectivity index (χ1v) is 4.27. The molecule has 0 spiro atoms. The minimum absolute atomic E-state index is 0.0600. The monoisotopic (exact) mass is 215 g/mol. The van der Waals surface area contributed by atoms with Crippen LogP contribution in [-0.4, -0.2) is 12.4 Å². The predicted molar refractivity (Wildman–Crippen MR) is 52.2 cm³/mol. The van der Waals surface area contributed by atoms with Gasteiger partial charge >= 0.3 is 6.61 Å². The zero-order valence-electron chi connectivity index (χ0n) is 8.38. The molecule has 0 fully saturated rings. The molecule has 0 atom stereocenters. The summed E-state index contributed by atoms with van der Waals surface area (Å²) in [7, 11) is 0. The van der Waals surface area contributed by atoms with Crippen LogP contribution in [0.5, 0.6) is 5.75 Å². The number of alkyl halides is 2. The average Bonchev–Trinajstić information content (AvgIpc) is 2.09. The quantitative estimate of drug-likeness (QED) is 0.622. The number of hydrogen-bond donors (Lipinski definition) is 1. The van der Waals surface area contributed by atoms with Crippen molar-refractivity contribution in [2.45, 2.75) is 20.5 Å². The van der Waals surface area contributed by atoms with E-state index in [1.54, 1.807) is 0 Å². The first-order valence-electron chi connectivity index (χ1n) is 4.27. The summed E-state index contributed by atoms with van der Waals surface area (Å²) < 4.78 is 28.3. The molecule has 0 amide bonds. The Morgan fingerprint density at radius 3 is 2.53 bits per heavy atom. The standard InChI is InChI=1S/C10H11F2NO2/c1-5-8(6(2)14)3-7(13)4-9(5)15-10(11)12/h3-4,10H,13H2,1-2H3. The smallest absolute Gasteiger partial charge is 0.387 e. The van der Waals surface area contributed by atoms with Gasteiger partial charge in [0.25, 0.3) is 0 Å². The fraction of sp³-hybridized carbons (Fsp3) is 0.300. The van der Waals surface area contributed by atoms with Gasteiger partial charge in [0.1, 0.15) is 5.75 Å². The number of nitrogen functional groups attached to an aromatic ring is 1. The number of ketones is 1. The molecule has 0 heterocycles. The number of carbonyl (C=O) groups excluding carboxylic acids is 1. The molecular formula is C10H11F2NO2. The van der Waals surface area contributed by atoms with E-state index in [9.17, 15) is 13.6 Å². The molecule has 0 bridgehead atoms. The van der Waals surface area contributed by atoms with Crippen LogP contribution in [0.3, 0.4) is 0 Å². The summed E-state index contributed by atoms with van der Waals surface area (Å²) in [6, 6.07) is 2.71. The van der Waals surface area contributed by atoms with Crippen LogP contribution in [0.4, 0.5) is 14.5 Å². The highest BCUT2D eigenvalue weighted by molar-refractivity contribution is 5.97. The van der Waals surface area contributed by atoms with Crippen LogP contribution < -0.4 is 10.5 Å². The number of ether oxygens (including phenoxy) is 1. The molecule has 1 aromatic carbocycles. The van der Waals surface area contributed by atoms with Crippen molar-refractivity contribution in [2.75, 3.05) is 5.73 Å². The fourth-order valence-corrected chi connectivity index (χ4v) is 1.29. The van der Waals surface area contributed by atoms with Crippen molar-refractivity contribution in [2.24, 2.45) is 0 Å². The Hall–Kier alpha value is -1.65. The largest absolute Gasteiger partial charge is 0.434 e. The second-order valence-corrected chi connectivity index (χ2v) is 3.13. The third-order valence-electron chi connectivity index (χ3n) is 1.98. The number of halogens is 2. The van der Waals surface area contributed by atoms with Crippen molar-refractivity contribution < 1.29 is 18.3 Å². The molecule has 0 saturated heterocycles. The van der Waals surface area contributed by atoms with Crippen molar-refractivity contribution in [1.82, 2.24) is 0 Å². The molecule has 0 radical (unpaired) electrons. The van der Waals surface area contributed by atoms with Crippen LogP contribution >= 0.6 is 0 Å². The summed E-state index contributed by atoms with van der Waals surface area (Å²) in [5, 5.41) is 0. The molecule has 5 heteroatoms. The van der Waals surface area contributed by atoms with E-state index in [0.29, 0.717) is 11.1 Å². The van der Waals surface area contributed by atoms with Gasteiger partial charge in [0.15, 0.2) is 5.78 Å². The van der Waals surface area contributed by atoms with Crippen molar-refractivity contribution >= 4 is 11.5 Å². The topological polar surface area (TPSA) is 52.3 Å². The number of anilines is 1. The Balaban J connectivity index is 3.22. The number of nitrogens with two attached hydrogens (primary N) is 1. The van der Waals surface area contributed by atoms with Gasteiger partial charge in [-0.05, 0) is 19.9 Å². The van der Waals surface area contributed by atoms with Crippen LogP contribution in [0.2, 0.25) is 0 Å². The van der Waals surface area contributed by atoms with Gasteiger partial charge < -0.3 is 10.5 Å². The summed E-state index contributed by atoms with van der Waals surface area (Å²) in [4.78, 5) is 11.2. The normalized spacial score (nSPS) is 10.5. The predicted octanol–water partition coefficient (Wildman–Crippen LogP) is 2.38. The molecule has 1 rings (SSSR count). The lowest BCUT2D eigenvalue weighted by molar-refractivity contribution is -0.0502. The second-order valence-electron chi connectivity index (χ2n) is 3.13. The van der Waals surface area contributed by atoms with Crippen LogP contribution in [0.1, 0.15) is 22.8 Å². The van der Waals surface area contributed by atoms with Crippen molar-refractivity contribution in [3.8, 4) is 5.75 Å². The first kappa shape index (κ1) is 11.4. The van der Waals surface area contributed by atoms with E-state index in [2.05, 4.69) is 4.74 Å². The zero-order chi connectivity index (χ0) is 11.6. The maximum atomic E-state index is 12.0. The molecule has 0 aromatic heterocycles. The summed E-state index contributed by atoms with van der Waals surface area (Å²) in [6.07, 6.45) is 0.